The van der Waals surface area contributed by atoms with Gasteiger partial charge in [0.25, 0.3) is 5.91 Å². The SMILES string of the molecule is CC(C)Nc1cnc(C(=O)NCCCc2ccccc2)cn1. The maximum absolute atomic E-state index is 12.0. The number of aryl methyl sites for hydroxylation is 1. The summed E-state index contributed by atoms with van der Waals surface area (Å²) in [6.07, 6.45) is 4.93. The lowest BCUT2D eigenvalue weighted by atomic mass is 10.1. The van der Waals surface area contributed by atoms with E-state index in [0.29, 0.717) is 18.1 Å². The molecule has 22 heavy (non-hydrogen) atoms. The van der Waals surface area contributed by atoms with Crippen LogP contribution in [0.1, 0.15) is 36.3 Å². The van der Waals surface area contributed by atoms with E-state index in [-0.39, 0.29) is 11.9 Å². The minimum absolute atomic E-state index is 0.184. The van der Waals surface area contributed by atoms with Crippen molar-refractivity contribution in [2.24, 2.45) is 0 Å². The minimum atomic E-state index is -0.184. The molecule has 5 nitrogen and oxygen atoms in total. The van der Waals surface area contributed by atoms with E-state index in [9.17, 15) is 4.79 Å². The third-order valence-corrected chi connectivity index (χ3v) is 3.09. The smallest absolute Gasteiger partial charge is 0.271 e. The van der Waals surface area contributed by atoms with E-state index in [4.69, 9.17) is 0 Å². The van der Waals surface area contributed by atoms with E-state index >= 15 is 0 Å². The Morgan fingerprint density at radius 1 is 1.14 bits per heavy atom. The Hall–Kier alpha value is -2.43. The molecule has 1 heterocycles. The van der Waals surface area contributed by atoms with Gasteiger partial charge in [-0.05, 0) is 32.3 Å². The second-order valence-corrected chi connectivity index (χ2v) is 5.43. The zero-order valence-electron chi connectivity index (χ0n) is 13.0. The Bertz CT molecular complexity index is 581. The fourth-order valence-corrected chi connectivity index (χ4v) is 2.05. The van der Waals surface area contributed by atoms with Crippen LogP contribution in [0, 0.1) is 0 Å². The summed E-state index contributed by atoms with van der Waals surface area (Å²) in [6, 6.07) is 10.5. The van der Waals surface area contributed by atoms with Crippen LogP contribution in [-0.2, 0) is 6.42 Å². The molecule has 0 saturated carbocycles. The molecule has 2 N–H and O–H groups in total. The molecule has 0 aliphatic carbocycles. The molecule has 0 fully saturated rings. The number of nitrogens with zero attached hydrogens (tertiary/aromatic N) is 2. The van der Waals surface area contributed by atoms with Crippen LogP contribution >= 0.6 is 0 Å². The molecule has 0 saturated heterocycles. The zero-order valence-corrected chi connectivity index (χ0v) is 13.0. The Balaban J connectivity index is 1.75. The van der Waals surface area contributed by atoms with E-state index in [1.807, 2.05) is 32.0 Å². The molecular formula is C17H22N4O. The first-order chi connectivity index (χ1) is 10.6. The van der Waals surface area contributed by atoms with Gasteiger partial charge in [0.2, 0.25) is 0 Å². The van der Waals surface area contributed by atoms with Crippen molar-refractivity contribution in [3.8, 4) is 0 Å². The monoisotopic (exact) mass is 298 g/mol. The molecule has 0 unspecified atom stereocenters. The molecule has 0 atom stereocenters. The third-order valence-electron chi connectivity index (χ3n) is 3.09. The topological polar surface area (TPSA) is 66.9 Å². The summed E-state index contributed by atoms with van der Waals surface area (Å²) in [5.74, 6) is 0.493. The molecule has 0 spiro atoms. The minimum Gasteiger partial charge on any atom is -0.367 e. The average Bonchev–Trinajstić information content (AvgIpc) is 2.52. The molecule has 0 aliphatic rings. The van der Waals surface area contributed by atoms with Crippen LogP contribution in [0.3, 0.4) is 0 Å². The normalized spacial score (nSPS) is 10.5. The number of carbonyl (C=O) groups is 1. The predicted octanol–water partition coefficient (Wildman–Crippen LogP) is 2.66. The fourth-order valence-electron chi connectivity index (χ4n) is 2.05. The van der Waals surface area contributed by atoms with Crippen molar-refractivity contribution in [1.29, 1.82) is 0 Å². The highest BCUT2D eigenvalue weighted by molar-refractivity contribution is 5.91. The van der Waals surface area contributed by atoms with Gasteiger partial charge in [-0.3, -0.25) is 4.79 Å². The number of rotatable bonds is 7. The van der Waals surface area contributed by atoms with Gasteiger partial charge < -0.3 is 10.6 Å². The first kappa shape index (κ1) is 15.9. The Morgan fingerprint density at radius 3 is 2.55 bits per heavy atom. The van der Waals surface area contributed by atoms with E-state index in [1.165, 1.54) is 11.8 Å². The summed E-state index contributed by atoms with van der Waals surface area (Å²) in [7, 11) is 0. The summed E-state index contributed by atoms with van der Waals surface area (Å²) < 4.78 is 0. The number of amides is 1. The van der Waals surface area contributed by atoms with Crippen molar-refractivity contribution < 1.29 is 4.79 Å². The maximum atomic E-state index is 12.0. The van der Waals surface area contributed by atoms with E-state index < -0.39 is 0 Å². The number of aromatic nitrogens is 2. The van der Waals surface area contributed by atoms with E-state index in [1.54, 1.807) is 6.20 Å². The highest BCUT2D eigenvalue weighted by Gasteiger charge is 2.07. The van der Waals surface area contributed by atoms with Crippen molar-refractivity contribution in [2.75, 3.05) is 11.9 Å². The first-order valence-electron chi connectivity index (χ1n) is 7.56. The van der Waals surface area contributed by atoms with Gasteiger partial charge in [-0.2, -0.15) is 0 Å². The second kappa shape index (κ2) is 8.12. The van der Waals surface area contributed by atoms with Gasteiger partial charge in [0, 0.05) is 12.6 Å². The van der Waals surface area contributed by atoms with Crippen molar-refractivity contribution in [3.05, 3.63) is 54.0 Å². The molecule has 0 aliphatic heterocycles. The molecule has 0 radical (unpaired) electrons. The van der Waals surface area contributed by atoms with Gasteiger partial charge in [0.05, 0.1) is 12.4 Å². The van der Waals surface area contributed by atoms with Crippen LogP contribution in [0.5, 0.6) is 0 Å². The summed E-state index contributed by atoms with van der Waals surface area (Å²) >= 11 is 0. The lowest BCUT2D eigenvalue weighted by Crippen LogP contribution is -2.26. The number of hydrogen-bond acceptors (Lipinski definition) is 4. The summed E-state index contributed by atoms with van der Waals surface area (Å²) in [4.78, 5) is 20.3. The Kier molecular flexibility index (Phi) is 5.89. The van der Waals surface area contributed by atoms with Crippen LogP contribution in [-0.4, -0.2) is 28.5 Å². The van der Waals surface area contributed by atoms with Gasteiger partial charge in [-0.15, -0.1) is 0 Å². The Morgan fingerprint density at radius 2 is 1.91 bits per heavy atom. The van der Waals surface area contributed by atoms with Gasteiger partial charge >= 0.3 is 0 Å². The summed E-state index contributed by atoms with van der Waals surface area (Å²) in [5, 5.41) is 6.00. The molecule has 1 aromatic carbocycles. The molecule has 0 bridgehead atoms. The van der Waals surface area contributed by atoms with Crippen LogP contribution in [0.25, 0.3) is 0 Å². The van der Waals surface area contributed by atoms with Crippen molar-refractivity contribution >= 4 is 11.7 Å². The number of benzene rings is 1. The molecule has 2 rings (SSSR count). The lowest BCUT2D eigenvalue weighted by molar-refractivity contribution is 0.0948. The van der Waals surface area contributed by atoms with Gasteiger partial charge in [0.1, 0.15) is 11.5 Å². The molecule has 116 valence electrons. The molecule has 1 aromatic heterocycles. The number of anilines is 1. The second-order valence-electron chi connectivity index (χ2n) is 5.43. The third kappa shape index (κ3) is 5.16. The quantitative estimate of drug-likeness (QED) is 0.771. The fraction of sp³-hybridized carbons (Fsp3) is 0.353. The summed E-state index contributed by atoms with van der Waals surface area (Å²) in [5.41, 5.74) is 1.62. The van der Waals surface area contributed by atoms with Crippen molar-refractivity contribution in [2.45, 2.75) is 32.7 Å². The highest BCUT2D eigenvalue weighted by atomic mass is 16.1. The molecular weight excluding hydrogens is 276 g/mol. The van der Waals surface area contributed by atoms with Gasteiger partial charge in [-0.25, -0.2) is 9.97 Å². The number of hydrogen-bond donors (Lipinski definition) is 2. The first-order valence-corrected chi connectivity index (χ1v) is 7.56. The largest absolute Gasteiger partial charge is 0.367 e. The predicted molar refractivity (Wildman–Crippen MR) is 87.9 cm³/mol. The molecule has 2 aromatic rings. The van der Waals surface area contributed by atoms with Gasteiger partial charge in [0.15, 0.2) is 0 Å². The van der Waals surface area contributed by atoms with E-state index in [0.717, 1.165) is 12.8 Å². The Labute approximate surface area is 131 Å². The van der Waals surface area contributed by atoms with Crippen molar-refractivity contribution in [1.82, 2.24) is 15.3 Å². The average molecular weight is 298 g/mol. The zero-order chi connectivity index (χ0) is 15.8. The number of carbonyl (C=O) groups excluding carboxylic acids is 1. The van der Waals surface area contributed by atoms with E-state index in [2.05, 4.69) is 32.7 Å². The highest BCUT2D eigenvalue weighted by Crippen LogP contribution is 2.04. The lowest BCUT2D eigenvalue weighted by Gasteiger charge is -2.09. The molecule has 5 heteroatoms. The van der Waals surface area contributed by atoms with Crippen LogP contribution in [0.15, 0.2) is 42.7 Å². The van der Waals surface area contributed by atoms with Crippen LogP contribution < -0.4 is 10.6 Å². The summed E-state index contributed by atoms with van der Waals surface area (Å²) in [6.45, 7) is 4.67. The van der Waals surface area contributed by atoms with Crippen molar-refractivity contribution in [3.63, 3.8) is 0 Å². The van der Waals surface area contributed by atoms with Crippen LogP contribution in [0.4, 0.5) is 5.82 Å². The maximum Gasteiger partial charge on any atom is 0.271 e. The molecule has 1 amide bonds. The van der Waals surface area contributed by atoms with Gasteiger partial charge in [-0.1, -0.05) is 30.3 Å². The van der Waals surface area contributed by atoms with Crippen LogP contribution in [0.2, 0.25) is 0 Å². The number of nitrogens with one attached hydrogen (secondary N) is 2. The standard InChI is InChI=1S/C17H22N4O/c1-13(2)21-16-12-19-15(11-20-16)17(22)18-10-6-9-14-7-4-3-5-8-14/h3-5,7-8,11-13H,6,9-10H2,1-2H3,(H,18,22)(H,20,21).